The molecule has 25 heavy (non-hydrogen) atoms. The number of nitrogens with one attached hydrogen (secondary N) is 1. The van der Waals surface area contributed by atoms with Crippen LogP contribution in [0.1, 0.15) is 20.8 Å². The number of fused-ring (bicyclic) bond motifs is 1. The number of rotatable bonds is 4. The molecule has 1 aromatic carbocycles. The molecule has 3 heterocycles. The zero-order valence-corrected chi connectivity index (χ0v) is 14.5. The fraction of sp³-hybridized carbons (Fsp3) is 0.105. The lowest BCUT2D eigenvalue weighted by molar-refractivity contribution is 0.0954. The first-order valence-electron chi connectivity index (χ1n) is 7.93. The molecule has 0 fully saturated rings. The molecule has 4 rings (SSSR count). The Morgan fingerprint density at radius 1 is 1.20 bits per heavy atom. The molecule has 4 aromatic rings. The van der Waals surface area contributed by atoms with Crippen molar-refractivity contribution in [3.63, 3.8) is 0 Å². The lowest BCUT2D eigenvalue weighted by Gasteiger charge is -2.07. The number of aromatic nitrogens is 3. The molecule has 124 valence electrons. The molecule has 0 radical (unpaired) electrons. The van der Waals surface area contributed by atoms with Crippen LogP contribution < -0.4 is 5.32 Å². The van der Waals surface area contributed by atoms with Crippen LogP contribution in [-0.2, 0) is 6.54 Å². The zero-order valence-electron chi connectivity index (χ0n) is 13.6. The molecule has 0 aliphatic heterocycles. The number of nitrogens with zero attached hydrogens (tertiary/aromatic N) is 3. The molecule has 0 unspecified atom stereocenters. The van der Waals surface area contributed by atoms with Crippen LogP contribution in [0, 0.1) is 6.92 Å². The third-order valence-corrected chi connectivity index (χ3v) is 5.32. The highest BCUT2D eigenvalue weighted by atomic mass is 32.1. The van der Waals surface area contributed by atoms with Gasteiger partial charge in [0.15, 0.2) is 5.82 Å². The second-order valence-corrected chi connectivity index (χ2v) is 6.76. The first-order valence-corrected chi connectivity index (χ1v) is 8.75. The Bertz CT molecular complexity index is 1040. The van der Waals surface area contributed by atoms with Crippen LogP contribution in [0.25, 0.3) is 15.9 Å². The van der Waals surface area contributed by atoms with E-state index >= 15 is 0 Å². The predicted molar refractivity (Wildman–Crippen MR) is 99.1 cm³/mol. The Labute approximate surface area is 149 Å². The highest BCUT2D eigenvalue weighted by Crippen LogP contribution is 2.30. The van der Waals surface area contributed by atoms with Crippen molar-refractivity contribution in [1.82, 2.24) is 20.1 Å². The second kappa shape index (κ2) is 6.49. The van der Waals surface area contributed by atoms with Gasteiger partial charge in [0.05, 0.1) is 4.88 Å². The van der Waals surface area contributed by atoms with Crippen LogP contribution in [0.5, 0.6) is 0 Å². The van der Waals surface area contributed by atoms with Gasteiger partial charge in [0.2, 0.25) is 0 Å². The van der Waals surface area contributed by atoms with Crippen LogP contribution in [0.3, 0.4) is 0 Å². The van der Waals surface area contributed by atoms with E-state index in [1.54, 1.807) is 17.1 Å². The molecule has 0 spiro atoms. The highest BCUT2D eigenvalue weighted by Gasteiger charge is 2.15. The third kappa shape index (κ3) is 3.04. The van der Waals surface area contributed by atoms with Gasteiger partial charge in [-0.2, -0.15) is 5.10 Å². The van der Waals surface area contributed by atoms with Gasteiger partial charge >= 0.3 is 0 Å². The molecule has 0 saturated carbocycles. The highest BCUT2D eigenvalue weighted by molar-refractivity contribution is 7.21. The molecule has 0 atom stereocenters. The average Bonchev–Trinajstić information content (AvgIpc) is 3.29. The van der Waals surface area contributed by atoms with Gasteiger partial charge in [-0.15, -0.1) is 11.3 Å². The monoisotopic (exact) mass is 348 g/mol. The summed E-state index contributed by atoms with van der Waals surface area (Å²) in [5, 5.41) is 8.32. The van der Waals surface area contributed by atoms with Crippen LogP contribution in [0.15, 0.2) is 61.1 Å². The molecule has 1 N–H and O–H groups in total. The Balaban J connectivity index is 1.52. The van der Waals surface area contributed by atoms with Gasteiger partial charge in [0.1, 0.15) is 0 Å². The van der Waals surface area contributed by atoms with Gasteiger partial charge in [-0.25, -0.2) is 9.67 Å². The quantitative estimate of drug-likeness (QED) is 0.611. The second-order valence-electron chi connectivity index (χ2n) is 5.71. The number of hydrogen-bond donors (Lipinski definition) is 1. The van der Waals surface area contributed by atoms with Crippen molar-refractivity contribution in [1.29, 1.82) is 0 Å². The van der Waals surface area contributed by atoms with E-state index in [0.717, 1.165) is 31.9 Å². The SMILES string of the molecule is Cc1c(C(=O)NCc2ccnc(-n3cccn3)c2)sc2ccccc12. The maximum atomic E-state index is 12.6. The van der Waals surface area contributed by atoms with Crippen LogP contribution in [0.2, 0.25) is 0 Å². The molecule has 0 aliphatic carbocycles. The number of pyridine rings is 1. The Morgan fingerprint density at radius 3 is 2.88 bits per heavy atom. The fourth-order valence-corrected chi connectivity index (χ4v) is 3.88. The maximum absolute atomic E-state index is 12.6. The smallest absolute Gasteiger partial charge is 0.261 e. The summed E-state index contributed by atoms with van der Waals surface area (Å²) in [6.07, 6.45) is 5.27. The summed E-state index contributed by atoms with van der Waals surface area (Å²) < 4.78 is 2.83. The van der Waals surface area contributed by atoms with Crippen molar-refractivity contribution in [3.05, 3.63) is 77.1 Å². The minimum absolute atomic E-state index is 0.0452. The average molecular weight is 348 g/mol. The number of aryl methyl sites for hydroxylation is 1. The number of carbonyl (C=O) groups excluding carboxylic acids is 1. The molecule has 0 bridgehead atoms. The van der Waals surface area contributed by atoms with Crippen LogP contribution in [-0.4, -0.2) is 20.7 Å². The molecule has 3 aromatic heterocycles. The van der Waals surface area contributed by atoms with Crippen molar-refractivity contribution < 1.29 is 4.79 Å². The Hall–Kier alpha value is -2.99. The van der Waals surface area contributed by atoms with Gasteiger partial charge in [0, 0.05) is 29.8 Å². The maximum Gasteiger partial charge on any atom is 0.261 e. The lowest BCUT2D eigenvalue weighted by Crippen LogP contribution is -2.22. The molecule has 1 amide bonds. The summed E-state index contributed by atoms with van der Waals surface area (Å²) in [5.74, 6) is 0.686. The topological polar surface area (TPSA) is 59.8 Å². The van der Waals surface area contributed by atoms with E-state index in [9.17, 15) is 4.79 Å². The largest absolute Gasteiger partial charge is 0.347 e. The summed E-state index contributed by atoms with van der Waals surface area (Å²) in [4.78, 5) is 17.7. The van der Waals surface area contributed by atoms with Crippen LogP contribution in [0.4, 0.5) is 0 Å². The summed E-state index contributed by atoms with van der Waals surface area (Å²) in [7, 11) is 0. The van der Waals surface area contributed by atoms with E-state index in [1.165, 1.54) is 11.3 Å². The van der Waals surface area contributed by atoms with E-state index in [0.29, 0.717) is 6.54 Å². The van der Waals surface area contributed by atoms with Crippen molar-refractivity contribution in [2.75, 3.05) is 0 Å². The summed E-state index contributed by atoms with van der Waals surface area (Å²) >= 11 is 1.53. The van der Waals surface area contributed by atoms with Crippen molar-refractivity contribution in [3.8, 4) is 5.82 Å². The number of amides is 1. The van der Waals surface area contributed by atoms with Crippen molar-refractivity contribution >= 4 is 27.3 Å². The van der Waals surface area contributed by atoms with E-state index < -0.39 is 0 Å². The van der Waals surface area contributed by atoms with Gasteiger partial charge < -0.3 is 5.32 Å². The van der Waals surface area contributed by atoms with Gasteiger partial charge in [-0.3, -0.25) is 4.79 Å². The molecule has 5 nitrogen and oxygen atoms in total. The molecular weight excluding hydrogens is 332 g/mol. The first kappa shape index (κ1) is 15.5. The van der Waals surface area contributed by atoms with Crippen molar-refractivity contribution in [2.24, 2.45) is 0 Å². The first-order chi connectivity index (χ1) is 12.2. The number of benzene rings is 1. The van der Waals surface area contributed by atoms with Crippen LogP contribution >= 0.6 is 11.3 Å². The minimum Gasteiger partial charge on any atom is -0.347 e. The summed E-state index contributed by atoms with van der Waals surface area (Å²) in [6.45, 7) is 2.44. The van der Waals surface area contributed by atoms with Gasteiger partial charge in [0.25, 0.3) is 5.91 Å². The zero-order chi connectivity index (χ0) is 17.2. The molecule has 0 aliphatic rings. The third-order valence-electron chi connectivity index (χ3n) is 4.05. The summed E-state index contributed by atoms with van der Waals surface area (Å²) in [5.41, 5.74) is 2.01. The molecular formula is C19H16N4OS. The van der Waals surface area contributed by atoms with E-state index in [4.69, 9.17) is 0 Å². The van der Waals surface area contributed by atoms with Gasteiger partial charge in [-0.05, 0) is 47.7 Å². The minimum atomic E-state index is -0.0452. The summed E-state index contributed by atoms with van der Waals surface area (Å²) in [6, 6.07) is 13.8. The van der Waals surface area contributed by atoms with E-state index in [2.05, 4.69) is 21.5 Å². The Kier molecular flexibility index (Phi) is 4.03. The van der Waals surface area contributed by atoms with Crippen molar-refractivity contribution in [2.45, 2.75) is 13.5 Å². The fourth-order valence-electron chi connectivity index (χ4n) is 2.75. The molecule has 6 heteroatoms. The lowest BCUT2D eigenvalue weighted by atomic mass is 10.1. The number of carbonyl (C=O) groups is 1. The number of thiophene rings is 1. The van der Waals surface area contributed by atoms with E-state index in [-0.39, 0.29) is 5.91 Å². The number of hydrogen-bond acceptors (Lipinski definition) is 4. The standard InChI is InChI=1S/C19H16N4OS/c1-13-15-5-2-3-6-16(15)25-18(13)19(24)21-12-14-7-9-20-17(11-14)23-10-4-8-22-23/h2-11H,12H2,1H3,(H,21,24). The van der Waals surface area contributed by atoms with E-state index in [1.807, 2.05) is 49.5 Å². The van der Waals surface area contributed by atoms with Gasteiger partial charge in [-0.1, -0.05) is 18.2 Å². The normalized spacial score (nSPS) is 10.9. The Morgan fingerprint density at radius 2 is 2.08 bits per heavy atom. The molecule has 0 saturated heterocycles. The predicted octanol–water partition coefficient (Wildman–Crippen LogP) is 3.72.